The molecule has 0 unspecified atom stereocenters. The van der Waals surface area contributed by atoms with Gasteiger partial charge in [-0.05, 0) is 31.9 Å². The fourth-order valence-electron chi connectivity index (χ4n) is 2.90. The van der Waals surface area contributed by atoms with Crippen LogP contribution in [0.3, 0.4) is 0 Å². The third-order valence-corrected chi connectivity index (χ3v) is 4.29. The second-order valence-electron chi connectivity index (χ2n) is 6.43. The molecule has 0 bridgehead atoms. The molecule has 26 heavy (non-hydrogen) atoms. The largest absolute Gasteiger partial charge is 0.342 e. The summed E-state index contributed by atoms with van der Waals surface area (Å²) < 4.78 is 1.69. The van der Waals surface area contributed by atoms with Crippen LogP contribution in [-0.2, 0) is 4.79 Å². The standard InChI is InChI=1S/C19H27N5O2/c1-6-23(7-2)17(25)13-22(5)19(26)15-12-21-24(18(15)14(3)4)16-10-8-9-11-20-16/h8-12,14H,6-7,13H2,1-5H3. The number of amides is 2. The molecule has 0 saturated heterocycles. The van der Waals surface area contributed by atoms with E-state index in [2.05, 4.69) is 10.1 Å². The highest BCUT2D eigenvalue weighted by atomic mass is 16.2. The van der Waals surface area contributed by atoms with Gasteiger partial charge in [0.15, 0.2) is 5.82 Å². The third kappa shape index (κ3) is 4.09. The van der Waals surface area contributed by atoms with Crippen molar-refractivity contribution in [2.75, 3.05) is 26.7 Å². The molecular weight excluding hydrogens is 330 g/mol. The molecule has 0 aromatic carbocycles. The van der Waals surface area contributed by atoms with E-state index in [1.807, 2.05) is 45.9 Å². The van der Waals surface area contributed by atoms with Crippen LogP contribution in [0.2, 0.25) is 0 Å². The van der Waals surface area contributed by atoms with Crippen LogP contribution in [-0.4, -0.2) is 63.1 Å². The number of hydrogen-bond donors (Lipinski definition) is 0. The van der Waals surface area contributed by atoms with E-state index in [9.17, 15) is 9.59 Å². The minimum atomic E-state index is -0.212. The van der Waals surface area contributed by atoms with Crippen molar-refractivity contribution in [3.05, 3.63) is 41.9 Å². The summed E-state index contributed by atoms with van der Waals surface area (Å²) in [5, 5.41) is 4.37. The number of carbonyl (C=O) groups excluding carboxylic acids is 2. The first kappa shape index (κ1) is 19.6. The van der Waals surface area contributed by atoms with Crippen molar-refractivity contribution in [3.63, 3.8) is 0 Å². The number of hydrogen-bond acceptors (Lipinski definition) is 4. The molecule has 0 aliphatic carbocycles. The highest BCUT2D eigenvalue weighted by Crippen LogP contribution is 2.23. The van der Waals surface area contributed by atoms with E-state index in [1.54, 1.807) is 29.0 Å². The summed E-state index contributed by atoms with van der Waals surface area (Å²) in [5.41, 5.74) is 1.29. The highest BCUT2D eigenvalue weighted by molar-refractivity contribution is 5.97. The predicted molar refractivity (Wildman–Crippen MR) is 100 cm³/mol. The Balaban J connectivity index is 2.29. The molecule has 0 radical (unpaired) electrons. The summed E-state index contributed by atoms with van der Waals surface area (Å²) in [7, 11) is 1.64. The van der Waals surface area contributed by atoms with E-state index in [-0.39, 0.29) is 24.3 Å². The Morgan fingerprint density at radius 1 is 1.19 bits per heavy atom. The lowest BCUT2D eigenvalue weighted by atomic mass is 10.0. The van der Waals surface area contributed by atoms with Gasteiger partial charge in [-0.3, -0.25) is 9.59 Å². The molecule has 0 fully saturated rings. The highest BCUT2D eigenvalue weighted by Gasteiger charge is 2.25. The van der Waals surface area contributed by atoms with Gasteiger partial charge < -0.3 is 9.80 Å². The SMILES string of the molecule is CCN(CC)C(=O)CN(C)C(=O)c1cnn(-c2ccccn2)c1C(C)C. The van der Waals surface area contributed by atoms with Gasteiger partial charge in [-0.15, -0.1) is 0 Å². The van der Waals surface area contributed by atoms with E-state index < -0.39 is 0 Å². The Morgan fingerprint density at radius 3 is 2.42 bits per heavy atom. The third-order valence-electron chi connectivity index (χ3n) is 4.29. The molecule has 0 saturated carbocycles. The molecule has 2 aromatic rings. The Bertz CT molecular complexity index is 751. The van der Waals surface area contributed by atoms with Crippen LogP contribution in [0.4, 0.5) is 0 Å². The molecule has 0 atom stereocenters. The maximum atomic E-state index is 12.9. The lowest BCUT2D eigenvalue weighted by Gasteiger charge is -2.23. The molecular formula is C19H27N5O2. The zero-order valence-corrected chi connectivity index (χ0v) is 16.1. The van der Waals surface area contributed by atoms with Crippen LogP contribution in [0.15, 0.2) is 30.6 Å². The number of rotatable bonds is 7. The van der Waals surface area contributed by atoms with Gasteiger partial charge in [-0.1, -0.05) is 19.9 Å². The van der Waals surface area contributed by atoms with Gasteiger partial charge in [0.05, 0.1) is 24.0 Å². The zero-order valence-electron chi connectivity index (χ0n) is 16.1. The van der Waals surface area contributed by atoms with Gasteiger partial charge in [0, 0.05) is 26.3 Å². The Morgan fingerprint density at radius 2 is 1.88 bits per heavy atom. The monoisotopic (exact) mass is 357 g/mol. The molecule has 2 heterocycles. The molecule has 2 aromatic heterocycles. The van der Waals surface area contributed by atoms with Gasteiger partial charge in [0.1, 0.15) is 0 Å². The van der Waals surface area contributed by atoms with E-state index in [0.29, 0.717) is 24.5 Å². The lowest BCUT2D eigenvalue weighted by Crippen LogP contribution is -2.41. The van der Waals surface area contributed by atoms with Crippen molar-refractivity contribution in [2.45, 2.75) is 33.6 Å². The summed E-state index contributed by atoms with van der Waals surface area (Å²) in [6, 6.07) is 5.56. The molecule has 0 spiro atoms. The van der Waals surface area contributed by atoms with Crippen LogP contribution < -0.4 is 0 Å². The van der Waals surface area contributed by atoms with Gasteiger partial charge in [-0.25, -0.2) is 9.67 Å². The van der Waals surface area contributed by atoms with Crippen LogP contribution >= 0.6 is 0 Å². The lowest BCUT2D eigenvalue weighted by molar-refractivity contribution is -0.131. The zero-order chi connectivity index (χ0) is 19.3. The number of aromatic nitrogens is 3. The summed E-state index contributed by atoms with van der Waals surface area (Å²) in [6.07, 6.45) is 3.25. The maximum absolute atomic E-state index is 12.9. The van der Waals surface area contributed by atoms with Crippen LogP contribution in [0.5, 0.6) is 0 Å². The summed E-state index contributed by atoms with van der Waals surface area (Å²) >= 11 is 0. The van der Waals surface area contributed by atoms with E-state index in [0.717, 1.165) is 5.69 Å². The molecule has 2 rings (SSSR count). The average Bonchev–Trinajstić information content (AvgIpc) is 3.08. The van der Waals surface area contributed by atoms with Crippen molar-refractivity contribution in [1.29, 1.82) is 0 Å². The molecule has 2 amide bonds. The topological polar surface area (TPSA) is 71.3 Å². The minimum Gasteiger partial charge on any atom is -0.342 e. The van der Waals surface area contributed by atoms with E-state index in [4.69, 9.17) is 0 Å². The van der Waals surface area contributed by atoms with Gasteiger partial charge >= 0.3 is 0 Å². The van der Waals surface area contributed by atoms with Crippen LogP contribution in [0.25, 0.3) is 5.82 Å². The Labute approximate surface area is 154 Å². The molecule has 7 heteroatoms. The first-order valence-electron chi connectivity index (χ1n) is 8.93. The quantitative estimate of drug-likeness (QED) is 0.762. The molecule has 0 N–H and O–H groups in total. The van der Waals surface area contributed by atoms with Crippen molar-refractivity contribution in [2.24, 2.45) is 0 Å². The second kappa shape index (κ2) is 8.60. The first-order chi connectivity index (χ1) is 12.4. The minimum absolute atomic E-state index is 0.0484. The van der Waals surface area contributed by atoms with Crippen LogP contribution in [0.1, 0.15) is 49.7 Å². The summed E-state index contributed by atoms with van der Waals surface area (Å²) in [6.45, 7) is 9.18. The van der Waals surface area contributed by atoms with Gasteiger partial charge in [0.25, 0.3) is 5.91 Å². The fraction of sp³-hybridized carbons (Fsp3) is 0.474. The van der Waals surface area contributed by atoms with E-state index >= 15 is 0 Å². The predicted octanol–water partition coefficient (Wildman–Crippen LogP) is 2.33. The van der Waals surface area contributed by atoms with E-state index in [1.165, 1.54) is 4.90 Å². The van der Waals surface area contributed by atoms with Crippen LogP contribution in [0, 0.1) is 0 Å². The van der Waals surface area contributed by atoms with Crippen molar-refractivity contribution in [3.8, 4) is 5.82 Å². The Kier molecular flexibility index (Phi) is 6.49. The van der Waals surface area contributed by atoms with Crippen molar-refractivity contribution < 1.29 is 9.59 Å². The summed E-state index contributed by atoms with van der Waals surface area (Å²) in [4.78, 5) is 32.7. The molecule has 0 aliphatic heterocycles. The van der Waals surface area contributed by atoms with Crippen molar-refractivity contribution in [1.82, 2.24) is 24.6 Å². The smallest absolute Gasteiger partial charge is 0.257 e. The number of nitrogens with zero attached hydrogens (tertiary/aromatic N) is 5. The Hall–Kier alpha value is -2.70. The van der Waals surface area contributed by atoms with Gasteiger partial charge in [-0.2, -0.15) is 5.10 Å². The normalized spacial score (nSPS) is 10.8. The van der Waals surface area contributed by atoms with Gasteiger partial charge in [0.2, 0.25) is 5.91 Å². The maximum Gasteiger partial charge on any atom is 0.257 e. The molecule has 0 aliphatic rings. The molecule has 7 nitrogen and oxygen atoms in total. The first-order valence-corrected chi connectivity index (χ1v) is 8.93. The average molecular weight is 357 g/mol. The number of carbonyl (C=O) groups is 2. The fourth-order valence-corrected chi connectivity index (χ4v) is 2.90. The summed E-state index contributed by atoms with van der Waals surface area (Å²) in [5.74, 6) is 0.466. The molecule has 140 valence electrons. The second-order valence-corrected chi connectivity index (χ2v) is 6.43. The number of pyridine rings is 1. The van der Waals surface area contributed by atoms with Crippen molar-refractivity contribution >= 4 is 11.8 Å². The number of likely N-dealkylation sites (N-methyl/N-ethyl adjacent to an activating group) is 2.